The Labute approximate surface area is 395 Å². The number of hydrogen-bond donors (Lipinski definition) is 2. The van der Waals surface area contributed by atoms with Gasteiger partial charge in [-0.3, -0.25) is 14.4 Å². The molecule has 2 aromatic carbocycles. The zero-order valence-electron chi connectivity index (χ0n) is 40.9. The summed E-state index contributed by atoms with van der Waals surface area (Å²) in [4.78, 5) is 58.4. The number of ether oxygens (including phenoxy) is 6. The zero-order chi connectivity index (χ0) is 48.7. The molecule has 13 nitrogen and oxygen atoms in total. The van der Waals surface area contributed by atoms with Gasteiger partial charge in [0.2, 0.25) is 5.79 Å². The average molecular weight is 936 g/mol. The summed E-state index contributed by atoms with van der Waals surface area (Å²) in [6.07, 6.45) is 0.318. The number of ketones is 2. The minimum Gasteiger partial charge on any atom is -0.487 e. The predicted molar refractivity (Wildman–Crippen MR) is 251 cm³/mol. The second-order valence-electron chi connectivity index (χ2n) is 19.7. The Balaban J connectivity index is 1.32. The highest BCUT2D eigenvalue weighted by molar-refractivity contribution is 6.39. The van der Waals surface area contributed by atoms with E-state index in [1.807, 2.05) is 62.4 Å². The van der Waals surface area contributed by atoms with Gasteiger partial charge in [0.1, 0.15) is 42.1 Å². The lowest BCUT2D eigenvalue weighted by Crippen LogP contribution is -2.64. The van der Waals surface area contributed by atoms with Gasteiger partial charge in [0.25, 0.3) is 11.7 Å². The van der Waals surface area contributed by atoms with Crippen LogP contribution in [0.15, 0.2) is 65.8 Å². The quantitative estimate of drug-likeness (QED) is 0.151. The summed E-state index contributed by atoms with van der Waals surface area (Å²) in [5, 5.41) is 26.1. The first-order valence-corrected chi connectivity index (χ1v) is 24.4. The molecule has 4 aliphatic rings. The molecule has 15 unspecified atom stereocenters. The fourth-order valence-corrected chi connectivity index (χ4v) is 10.9. The molecule has 3 heterocycles. The summed E-state index contributed by atoms with van der Waals surface area (Å²) >= 11 is 0. The molecule has 15 atom stereocenters. The summed E-state index contributed by atoms with van der Waals surface area (Å²) < 4.78 is 53.2. The van der Waals surface area contributed by atoms with E-state index in [1.54, 1.807) is 40.9 Å². The number of fused-ring (bicyclic) bond motifs is 4. The Bertz CT molecular complexity index is 2100. The fourth-order valence-electron chi connectivity index (χ4n) is 10.9. The molecule has 2 saturated heterocycles. The Morgan fingerprint density at radius 3 is 2.28 bits per heavy atom. The molecule has 1 saturated carbocycles. The van der Waals surface area contributed by atoms with E-state index in [0.717, 1.165) is 27.8 Å². The maximum Gasteiger partial charge on any atom is 0.329 e. The number of amides is 1. The topological polar surface area (TPSA) is 167 Å². The Morgan fingerprint density at radius 2 is 1.58 bits per heavy atom. The first kappa shape index (κ1) is 52.3. The standard InChI is InChI=1S/C53H74FNO12/c1-10-36-25-30(2)47(54)31(3)26-45(63-8)49-46(64-9)27-33(5)53(61,67-49)50(58)51(59)55-23-14-13-19-39(55)52(60)66-48(34(6)40(56)29-41(36)57)32(4)24-35-21-22-43(44(28-35)62-7)65-42-20-15-17-37-16-11-12-18-38(37)42/h11-12,15-18,20,24-25,31,33-36,39-40,43-49,56,61H,10,13-14,19,21-23,26-29H2,1-9H3/b30-25+,32-24?. The van der Waals surface area contributed by atoms with Crippen molar-refractivity contribution in [2.24, 2.45) is 29.6 Å². The van der Waals surface area contributed by atoms with Gasteiger partial charge in [-0.1, -0.05) is 76.2 Å². The SMILES string of the molecule is CCC1/C=C(\C)C(F)C(C)CC(OC)C2OC(O)(C(=O)C(=O)N3CCCCC3C(=O)OC(C(C)=CC3CCC(Oc4cccc5ccccc45)C(OC)C3)C(C)C(O)CC1=O)C(C)CC2OC. The van der Waals surface area contributed by atoms with Gasteiger partial charge in [-0.15, -0.1) is 0 Å². The predicted octanol–water partition coefficient (Wildman–Crippen LogP) is 7.66. The van der Waals surface area contributed by atoms with Crippen molar-refractivity contribution in [2.75, 3.05) is 27.9 Å². The molecule has 370 valence electrons. The highest BCUT2D eigenvalue weighted by atomic mass is 19.1. The van der Waals surface area contributed by atoms with Crippen LogP contribution in [-0.4, -0.2) is 127 Å². The van der Waals surface area contributed by atoms with Gasteiger partial charge in [-0.2, -0.15) is 0 Å². The number of nitrogens with zero attached hydrogens (tertiary/aromatic N) is 1. The van der Waals surface area contributed by atoms with Crippen molar-refractivity contribution in [1.82, 2.24) is 4.90 Å². The molecule has 2 N–H and O–H groups in total. The van der Waals surface area contributed by atoms with Crippen molar-refractivity contribution in [2.45, 2.75) is 166 Å². The summed E-state index contributed by atoms with van der Waals surface area (Å²) in [7, 11) is 4.56. The number of esters is 1. The molecule has 3 fully saturated rings. The number of rotatable bonds is 8. The Morgan fingerprint density at radius 1 is 0.896 bits per heavy atom. The van der Waals surface area contributed by atoms with Crippen LogP contribution in [0.2, 0.25) is 0 Å². The monoisotopic (exact) mass is 936 g/mol. The van der Waals surface area contributed by atoms with Gasteiger partial charge in [0.15, 0.2) is 0 Å². The van der Waals surface area contributed by atoms with E-state index >= 15 is 4.39 Å². The van der Waals surface area contributed by atoms with Gasteiger partial charge >= 0.3 is 5.97 Å². The minimum atomic E-state index is -2.61. The number of alkyl halides is 1. The van der Waals surface area contributed by atoms with Crippen molar-refractivity contribution < 1.29 is 62.2 Å². The summed E-state index contributed by atoms with van der Waals surface area (Å²) in [5.41, 5.74) is 0.981. The fraction of sp³-hybridized carbons (Fsp3) is 0.660. The summed E-state index contributed by atoms with van der Waals surface area (Å²) in [6.45, 7) is 10.4. The number of benzene rings is 2. The second-order valence-corrected chi connectivity index (χ2v) is 19.7. The van der Waals surface area contributed by atoms with E-state index in [2.05, 4.69) is 0 Å². The molecule has 1 amide bonds. The number of methoxy groups -OCH3 is 3. The van der Waals surface area contributed by atoms with Crippen molar-refractivity contribution in [3.8, 4) is 5.75 Å². The number of cyclic esters (lactones) is 1. The number of aliphatic hydroxyl groups is 2. The van der Waals surface area contributed by atoms with Crippen molar-refractivity contribution in [3.63, 3.8) is 0 Å². The number of allylic oxidation sites excluding steroid dienone is 3. The second kappa shape index (κ2) is 23.0. The number of Topliss-reactive ketones (excluding diaryl/α,β-unsaturated/α-hetero) is 2. The van der Waals surface area contributed by atoms with Crippen LogP contribution < -0.4 is 4.74 Å². The van der Waals surface area contributed by atoms with E-state index in [4.69, 9.17) is 28.4 Å². The number of carbonyl (C=O) groups excluding carboxylic acids is 4. The van der Waals surface area contributed by atoms with Crippen LogP contribution in [-0.2, 0) is 42.9 Å². The largest absolute Gasteiger partial charge is 0.487 e. The summed E-state index contributed by atoms with van der Waals surface area (Å²) in [6, 6.07) is 12.9. The molecule has 0 aromatic heterocycles. The number of hydrogen-bond acceptors (Lipinski definition) is 12. The van der Waals surface area contributed by atoms with E-state index in [1.165, 1.54) is 14.2 Å². The normalized spacial score (nSPS) is 37.8. The molecule has 0 radical (unpaired) electrons. The van der Waals surface area contributed by atoms with Crippen LogP contribution in [0.5, 0.6) is 5.75 Å². The number of carbonyl (C=O) groups is 4. The van der Waals surface area contributed by atoms with Crippen LogP contribution in [0.1, 0.15) is 106 Å². The molecule has 1 aliphatic carbocycles. The molecular formula is C53H74FNO12. The van der Waals surface area contributed by atoms with E-state index < -0.39 is 89.9 Å². The van der Waals surface area contributed by atoms with E-state index in [9.17, 15) is 29.4 Å². The zero-order valence-corrected chi connectivity index (χ0v) is 40.9. The van der Waals surface area contributed by atoms with Gasteiger partial charge in [0.05, 0.1) is 24.4 Å². The van der Waals surface area contributed by atoms with Gasteiger partial charge in [0, 0.05) is 57.4 Å². The first-order valence-electron chi connectivity index (χ1n) is 24.4. The maximum absolute atomic E-state index is 16.4. The van der Waals surface area contributed by atoms with Crippen molar-refractivity contribution >= 4 is 34.2 Å². The van der Waals surface area contributed by atoms with Gasteiger partial charge in [-0.05, 0) is 106 Å². The molecule has 6 rings (SSSR count). The van der Waals surface area contributed by atoms with Gasteiger partial charge < -0.3 is 43.5 Å². The van der Waals surface area contributed by atoms with Crippen LogP contribution in [0.3, 0.4) is 0 Å². The molecule has 67 heavy (non-hydrogen) atoms. The highest BCUT2D eigenvalue weighted by Crippen LogP contribution is 2.40. The van der Waals surface area contributed by atoms with Crippen molar-refractivity contribution in [1.29, 1.82) is 0 Å². The maximum atomic E-state index is 16.4. The molecule has 3 aliphatic heterocycles. The highest BCUT2D eigenvalue weighted by Gasteiger charge is 2.57. The Kier molecular flexibility index (Phi) is 18.0. The molecule has 2 aromatic rings. The average Bonchev–Trinajstić information content (AvgIpc) is 3.33. The lowest BCUT2D eigenvalue weighted by Gasteiger charge is -2.47. The van der Waals surface area contributed by atoms with Gasteiger partial charge in [-0.25, -0.2) is 9.18 Å². The lowest BCUT2D eigenvalue weighted by molar-refractivity contribution is -0.302. The van der Waals surface area contributed by atoms with Crippen LogP contribution >= 0.6 is 0 Å². The molecule has 2 bridgehead atoms. The molecule has 0 spiro atoms. The number of halogens is 1. The van der Waals surface area contributed by atoms with Crippen LogP contribution in [0.25, 0.3) is 10.8 Å². The lowest BCUT2D eigenvalue weighted by atomic mass is 9.81. The first-order chi connectivity index (χ1) is 31.9. The van der Waals surface area contributed by atoms with Crippen LogP contribution in [0.4, 0.5) is 4.39 Å². The molecular weight excluding hydrogens is 862 g/mol. The molecule has 14 heteroatoms. The van der Waals surface area contributed by atoms with Crippen molar-refractivity contribution in [3.05, 3.63) is 65.8 Å². The third kappa shape index (κ3) is 11.7. The minimum absolute atomic E-state index is 0.0244. The smallest absolute Gasteiger partial charge is 0.329 e. The Hall–Kier alpha value is -4.05. The number of piperidine rings is 1. The third-order valence-corrected chi connectivity index (χ3v) is 15.1. The number of aliphatic hydroxyl groups excluding tert-OH is 1. The van der Waals surface area contributed by atoms with E-state index in [-0.39, 0.29) is 56.1 Å². The van der Waals surface area contributed by atoms with Crippen LogP contribution in [0, 0.1) is 29.6 Å². The summed E-state index contributed by atoms with van der Waals surface area (Å²) in [5.74, 6) is -8.31. The van der Waals surface area contributed by atoms with E-state index in [0.29, 0.717) is 43.3 Å². The third-order valence-electron chi connectivity index (χ3n) is 15.1.